The maximum absolute atomic E-state index is 12.8. The number of benzene rings is 1. The molecule has 1 aromatic carbocycles. The minimum absolute atomic E-state index is 0.0549. The first kappa shape index (κ1) is 25.3. The van der Waals surface area contributed by atoms with Crippen molar-refractivity contribution in [3.05, 3.63) is 23.8 Å². The molecule has 0 bridgehead atoms. The Bertz CT molecular complexity index is 758. The van der Waals surface area contributed by atoms with Crippen LogP contribution in [-0.4, -0.2) is 44.1 Å². The highest BCUT2D eigenvalue weighted by Crippen LogP contribution is 2.29. The number of hydrogen-bond donors (Lipinski definition) is 0. The molecule has 6 nitrogen and oxygen atoms in total. The van der Waals surface area contributed by atoms with Crippen LogP contribution in [-0.2, 0) is 21.5 Å². The molecule has 7 heteroatoms. The summed E-state index contributed by atoms with van der Waals surface area (Å²) in [6.07, 6.45) is 1.29. The summed E-state index contributed by atoms with van der Waals surface area (Å²) in [5, 5.41) is 0. The molecule has 1 aromatic rings. The Morgan fingerprint density at radius 3 is 2.17 bits per heavy atom. The lowest BCUT2D eigenvalue weighted by Gasteiger charge is -2.30. The smallest absolute Gasteiger partial charge is 0.308 e. The Morgan fingerprint density at radius 1 is 1.07 bits per heavy atom. The van der Waals surface area contributed by atoms with Crippen molar-refractivity contribution in [3.8, 4) is 5.75 Å². The van der Waals surface area contributed by atoms with E-state index in [0.717, 1.165) is 25.2 Å². The zero-order valence-electron chi connectivity index (χ0n) is 19.1. The van der Waals surface area contributed by atoms with Crippen molar-refractivity contribution < 1.29 is 17.4 Å². The van der Waals surface area contributed by atoms with Gasteiger partial charge in [0.25, 0.3) is 0 Å². The fraction of sp³-hybridized carbons (Fsp3) is 0.682. The lowest BCUT2D eigenvalue weighted by molar-refractivity contribution is -0.134. The largest absolute Gasteiger partial charge is 0.382 e. The summed E-state index contributed by atoms with van der Waals surface area (Å²) >= 11 is 0. The highest BCUT2D eigenvalue weighted by molar-refractivity contribution is 7.87. The van der Waals surface area contributed by atoms with Gasteiger partial charge in [0.15, 0.2) is 0 Å². The molecule has 0 heterocycles. The molecule has 1 atom stereocenters. The maximum atomic E-state index is 12.8. The van der Waals surface area contributed by atoms with E-state index in [1.165, 1.54) is 0 Å². The van der Waals surface area contributed by atoms with Gasteiger partial charge < -0.3 is 14.0 Å². The topological polar surface area (TPSA) is 66.9 Å². The zero-order valence-corrected chi connectivity index (χ0v) is 19.9. The van der Waals surface area contributed by atoms with Crippen LogP contribution in [0.5, 0.6) is 5.75 Å². The van der Waals surface area contributed by atoms with Gasteiger partial charge in [-0.05, 0) is 46.1 Å². The number of carbonyl (C=O) groups excluding carboxylic acids is 1. The van der Waals surface area contributed by atoms with Crippen molar-refractivity contribution in [1.82, 2.24) is 4.90 Å². The molecule has 0 spiro atoms. The highest BCUT2D eigenvalue weighted by atomic mass is 32.2. The summed E-state index contributed by atoms with van der Waals surface area (Å²) in [7, 11) is -3.67. The quantitative estimate of drug-likeness (QED) is 0.462. The summed E-state index contributed by atoms with van der Waals surface area (Å²) in [6.45, 7) is 15.7. The van der Waals surface area contributed by atoms with Crippen LogP contribution >= 0.6 is 0 Å². The van der Waals surface area contributed by atoms with Crippen LogP contribution in [0.15, 0.2) is 18.2 Å². The van der Waals surface area contributed by atoms with Crippen molar-refractivity contribution in [1.29, 1.82) is 0 Å². The Morgan fingerprint density at radius 2 is 1.69 bits per heavy atom. The number of amides is 1. The average Bonchev–Trinajstić information content (AvgIpc) is 2.66. The van der Waals surface area contributed by atoms with Gasteiger partial charge in [0.2, 0.25) is 5.91 Å². The second-order valence-electron chi connectivity index (χ2n) is 7.77. The first-order valence-corrected chi connectivity index (χ1v) is 12.3. The molecule has 0 aliphatic carbocycles. The third kappa shape index (κ3) is 7.53. The lowest BCUT2D eigenvalue weighted by Crippen LogP contribution is -2.38. The Balaban J connectivity index is 3.36. The van der Waals surface area contributed by atoms with Gasteiger partial charge in [-0.25, -0.2) is 0 Å². The Kier molecular flexibility index (Phi) is 9.96. The molecule has 0 fully saturated rings. The van der Waals surface area contributed by atoms with E-state index >= 15 is 0 Å². The first-order valence-electron chi connectivity index (χ1n) is 10.7. The summed E-state index contributed by atoms with van der Waals surface area (Å²) < 4.78 is 29.8. The number of hydrogen-bond acceptors (Lipinski definition) is 5. The van der Waals surface area contributed by atoms with E-state index in [4.69, 9.17) is 4.18 Å². The second-order valence-corrected chi connectivity index (χ2v) is 9.63. The van der Waals surface area contributed by atoms with Gasteiger partial charge in [-0.3, -0.25) is 4.79 Å². The predicted molar refractivity (Wildman–Crippen MR) is 120 cm³/mol. The molecule has 166 valence electrons. The molecule has 0 saturated heterocycles. The summed E-state index contributed by atoms with van der Waals surface area (Å²) in [5.41, 5.74) is 1.61. The summed E-state index contributed by atoms with van der Waals surface area (Å²) in [6, 6.07) is 5.68. The van der Waals surface area contributed by atoms with Gasteiger partial charge in [0, 0.05) is 49.4 Å². The fourth-order valence-corrected chi connectivity index (χ4v) is 3.64. The van der Waals surface area contributed by atoms with Gasteiger partial charge in [0.05, 0.1) is 5.75 Å². The molecule has 0 aliphatic rings. The van der Waals surface area contributed by atoms with Crippen LogP contribution < -0.4 is 9.08 Å². The van der Waals surface area contributed by atoms with Crippen LogP contribution in [0.1, 0.15) is 66.9 Å². The molecule has 1 amide bonds. The molecular formula is C22H38N2O4S. The second kappa shape index (κ2) is 11.4. The Hall–Kier alpha value is -1.76. The van der Waals surface area contributed by atoms with Crippen LogP contribution in [0.3, 0.4) is 0 Å². The normalized spacial score (nSPS) is 12.7. The number of nitrogens with zero attached hydrogens (tertiary/aromatic N) is 2. The van der Waals surface area contributed by atoms with Crippen molar-refractivity contribution in [3.63, 3.8) is 0 Å². The lowest BCUT2D eigenvalue weighted by atomic mass is 10.1. The Labute approximate surface area is 177 Å². The number of carbonyl (C=O) groups is 1. The van der Waals surface area contributed by atoms with E-state index in [9.17, 15) is 13.2 Å². The molecule has 0 radical (unpaired) electrons. The monoisotopic (exact) mass is 426 g/mol. The van der Waals surface area contributed by atoms with E-state index in [-0.39, 0.29) is 23.6 Å². The van der Waals surface area contributed by atoms with E-state index in [1.807, 2.05) is 44.7 Å². The van der Waals surface area contributed by atoms with Crippen LogP contribution in [0, 0.1) is 5.92 Å². The van der Waals surface area contributed by atoms with Crippen LogP contribution in [0.4, 0.5) is 5.69 Å². The van der Waals surface area contributed by atoms with Gasteiger partial charge in [-0.1, -0.05) is 26.8 Å². The average molecular weight is 427 g/mol. The van der Waals surface area contributed by atoms with Gasteiger partial charge in [-0.15, -0.1) is 0 Å². The molecular weight excluding hydrogens is 388 g/mol. The molecule has 0 unspecified atom stereocenters. The third-order valence-corrected chi connectivity index (χ3v) is 6.26. The van der Waals surface area contributed by atoms with Crippen molar-refractivity contribution in [2.75, 3.05) is 23.7 Å². The van der Waals surface area contributed by atoms with Crippen molar-refractivity contribution >= 4 is 21.7 Å². The van der Waals surface area contributed by atoms with Crippen molar-refractivity contribution in [2.24, 2.45) is 5.92 Å². The highest BCUT2D eigenvalue weighted by Gasteiger charge is 2.23. The summed E-state index contributed by atoms with van der Waals surface area (Å²) in [4.78, 5) is 16.8. The molecule has 0 aromatic heterocycles. The van der Waals surface area contributed by atoms with E-state index in [1.54, 1.807) is 13.0 Å². The minimum Gasteiger partial charge on any atom is -0.382 e. The number of rotatable bonds is 12. The van der Waals surface area contributed by atoms with Crippen LogP contribution in [0.2, 0.25) is 0 Å². The SMILES string of the molecule is CC[C@H](C)N(Cc1ccc(N(CC)CC)cc1OS(=O)(=O)CC)C(=O)CC(C)C. The van der Waals surface area contributed by atoms with E-state index in [2.05, 4.69) is 18.7 Å². The van der Waals surface area contributed by atoms with Gasteiger partial charge >= 0.3 is 10.1 Å². The predicted octanol–water partition coefficient (Wildman–Crippen LogP) is 4.43. The van der Waals surface area contributed by atoms with Crippen LogP contribution in [0.25, 0.3) is 0 Å². The minimum atomic E-state index is -3.67. The summed E-state index contributed by atoms with van der Waals surface area (Å²) in [5.74, 6) is 0.534. The van der Waals surface area contributed by atoms with E-state index < -0.39 is 10.1 Å². The molecule has 1 rings (SSSR count). The van der Waals surface area contributed by atoms with Gasteiger partial charge in [0.1, 0.15) is 5.75 Å². The number of anilines is 1. The fourth-order valence-electron chi connectivity index (χ4n) is 3.09. The maximum Gasteiger partial charge on any atom is 0.308 e. The molecule has 29 heavy (non-hydrogen) atoms. The first-order chi connectivity index (χ1) is 13.6. The molecule has 0 saturated carbocycles. The van der Waals surface area contributed by atoms with Gasteiger partial charge in [-0.2, -0.15) is 8.42 Å². The molecule has 0 N–H and O–H groups in total. The van der Waals surface area contributed by atoms with E-state index in [0.29, 0.717) is 24.3 Å². The zero-order chi connectivity index (χ0) is 22.2. The third-order valence-electron chi connectivity index (χ3n) is 5.12. The standard InChI is InChI=1S/C22H38N2O4S/c1-8-18(7)24(22(25)14-17(5)6)16-19-12-13-20(23(9-2)10-3)15-21(19)28-29(26,27)11-4/h12-13,15,17-18H,8-11,14,16H2,1-7H3/t18-/m0/s1. The van der Waals surface area contributed by atoms with Crippen molar-refractivity contribution in [2.45, 2.75) is 73.9 Å². The molecule has 0 aliphatic heterocycles.